The van der Waals surface area contributed by atoms with Crippen LogP contribution in [-0.4, -0.2) is 49.6 Å². The Morgan fingerprint density at radius 3 is 2.70 bits per heavy atom. The van der Waals surface area contributed by atoms with E-state index in [1.54, 1.807) is 0 Å². The van der Waals surface area contributed by atoms with Crippen LogP contribution in [-0.2, 0) is 4.79 Å². The van der Waals surface area contributed by atoms with E-state index in [2.05, 4.69) is 46.0 Å². The summed E-state index contributed by atoms with van der Waals surface area (Å²) in [6, 6.07) is 15.9. The zero-order chi connectivity index (χ0) is 19.1. The van der Waals surface area contributed by atoms with Crippen molar-refractivity contribution in [3.8, 4) is 11.1 Å². The Balaban J connectivity index is 1.45. The lowest BCUT2D eigenvalue weighted by Gasteiger charge is -2.26. The first kappa shape index (κ1) is 18.9. The van der Waals surface area contributed by atoms with Crippen LogP contribution in [0, 0.1) is 6.92 Å². The number of anilines is 1. The minimum atomic E-state index is -0.215. The molecule has 1 aliphatic heterocycles. The smallest absolute Gasteiger partial charge is 0.319 e. The number of aryl methyl sites for hydroxylation is 1. The van der Waals surface area contributed by atoms with Gasteiger partial charge in [-0.2, -0.15) is 0 Å². The molecule has 0 saturated carbocycles. The van der Waals surface area contributed by atoms with Crippen LogP contribution in [0.25, 0.3) is 11.1 Å². The number of amides is 3. The van der Waals surface area contributed by atoms with Crippen LogP contribution in [0.3, 0.4) is 0 Å². The predicted molar refractivity (Wildman–Crippen MR) is 108 cm³/mol. The second-order valence-electron chi connectivity index (χ2n) is 6.81. The summed E-state index contributed by atoms with van der Waals surface area (Å²) in [5, 5.41) is 8.56. The van der Waals surface area contributed by atoms with Crippen molar-refractivity contribution in [2.45, 2.75) is 13.3 Å². The van der Waals surface area contributed by atoms with Crippen LogP contribution in [0.2, 0.25) is 0 Å². The van der Waals surface area contributed by atoms with Crippen LogP contribution in [0.5, 0.6) is 0 Å². The highest BCUT2D eigenvalue weighted by Gasteiger charge is 2.15. The molecular formula is C21H26N4O2. The fourth-order valence-electron chi connectivity index (χ4n) is 3.16. The van der Waals surface area contributed by atoms with Gasteiger partial charge in [0, 0.05) is 31.9 Å². The van der Waals surface area contributed by atoms with Gasteiger partial charge < -0.3 is 16.0 Å². The second-order valence-corrected chi connectivity index (χ2v) is 6.81. The van der Waals surface area contributed by atoms with Gasteiger partial charge in [-0.15, -0.1) is 0 Å². The average molecular weight is 366 g/mol. The maximum absolute atomic E-state index is 12.1. The Bertz CT molecular complexity index is 806. The Morgan fingerprint density at radius 1 is 1.15 bits per heavy atom. The minimum absolute atomic E-state index is 0.0699. The number of carbonyl (C=O) groups excluding carboxylic acids is 2. The summed E-state index contributed by atoms with van der Waals surface area (Å²) in [4.78, 5) is 25.6. The van der Waals surface area contributed by atoms with Gasteiger partial charge >= 0.3 is 6.03 Å². The highest BCUT2D eigenvalue weighted by atomic mass is 16.2. The van der Waals surface area contributed by atoms with Crippen molar-refractivity contribution in [2.24, 2.45) is 0 Å². The Labute approximate surface area is 159 Å². The van der Waals surface area contributed by atoms with Crippen molar-refractivity contribution in [3.63, 3.8) is 0 Å². The van der Waals surface area contributed by atoms with Gasteiger partial charge in [0.1, 0.15) is 0 Å². The SMILES string of the molecule is Cc1cccc(-c2cccc(NC(=O)NCCCN3CCNC(=O)C3)c2)c1. The van der Waals surface area contributed by atoms with Crippen molar-refractivity contribution in [1.82, 2.24) is 15.5 Å². The lowest BCUT2D eigenvalue weighted by atomic mass is 10.0. The van der Waals surface area contributed by atoms with Gasteiger partial charge in [0.05, 0.1) is 6.54 Å². The predicted octanol–water partition coefficient (Wildman–Crippen LogP) is 2.61. The molecule has 142 valence electrons. The Kier molecular flexibility index (Phi) is 6.44. The molecule has 6 heteroatoms. The van der Waals surface area contributed by atoms with E-state index in [-0.39, 0.29) is 11.9 Å². The molecule has 3 rings (SSSR count). The van der Waals surface area contributed by atoms with Gasteiger partial charge in [0.2, 0.25) is 5.91 Å². The summed E-state index contributed by atoms with van der Waals surface area (Å²) in [6.07, 6.45) is 0.810. The zero-order valence-electron chi connectivity index (χ0n) is 15.6. The monoisotopic (exact) mass is 366 g/mol. The zero-order valence-corrected chi connectivity index (χ0v) is 15.6. The molecule has 2 aromatic carbocycles. The van der Waals surface area contributed by atoms with Crippen molar-refractivity contribution >= 4 is 17.6 Å². The molecule has 0 atom stereocenters. The maximum atomic E-state index is 12.1. The third-order valence-corrected chi connectivity index (χ3v) is 4.53. The molecule has 0 aromatic heterocycles. The number of nitrogens with one attached hydrogen (secondary N) is 3. The molecule has 3 amide bonds. The van der Waals surface area contributed by atoms with Crippen LogP contribution < -0.4 is 16.0 Å². The third-order valence-electron chi connectivity index (χ3n) is 4.53. The van der Waals surface area contributed by atoms with Crippen LogP contribution in [0.15, 0.2) is 48.5 Å². The molecule has 3 N–H and O–H groups in total. The fraction of sp³-hybridized carbons (Fsp3) is 0.333. The first-order valence-corrected chi connectivity index (χ1v) is 9.31. The third kappa shape index (κ3) is 5.82. The number of hydrogen-bond donors (Lipinski definition) is 3. The van der Waals surface area contributed by atoms with Gasteiger partial charge in [-0.25, -0.2) is 4.79 Å². The molecule has 1 heterocycles. The molecule has 1 aliphatic rings. The number of hydrogen-bond acceptors (Lipinski definition) is 3. The molecule has 1 saturated heterocycles. The second kappa shape index (κ2) is 9.19. The average Bonchev–Trinajstić information content (AvgIpc) is 2.66. The summed E-state index contributed by atoms with van der Waals surface area (Å²) in [5.41, 5.74) is 4.17. The summed E-state index contributed by atoms with van der Waals surface area (Å²) < 4.78 is 0. The van der Waals surface area contributed by atoms with E-state index in [1.807, 2.05) is 30.3 Å². The number of carbonyl (C=O) groups is 2. The maximum Gasteiger partial charge on any atom is 0.319 e. The standard InChI is InChI=1S/C21H26N4O2/c1-16-5-2-6-17(13-16)18-7-3-8-19(14-18)24-21(27)23-9-4-11-25-12-10-22-20(26)15-25/h2-3,5-8,13-14H,4,9-12,15H2,1H3,(H,22,26)(H2,23,24,27). The number of rotatable bonds is 6. The van der Waals surface area contributed by atoms with Gasteiger partial charge in [0.25, 0.3) is 0 Å². The van der Waals surface area contributed by atoms with Crippen molar-refractivity contribution < 1.29 is 9.59 Å². The number of piperazine rings is 1. The highest BCUT2D eigenvalue weighted by Crippen LogP contribution is 2.23. The van der Waals surface area contributed by atoms with Gasteiger partial charge in [0.15, 0.2) is 0 Å². The van der Waals surface area contributed by atoms with Gasteiger partial charge in [-0.1, -0.05) is 42.0 Å². The molecule has 0 bridgehead atoms. The molecule has 1 fully saturated rings. The van der Waals surface area contributed by atoms with E-state index < -0.39 is 0 Å². The normalized spacial score (nSPS) is 14.5. The lowest BCUT2D eigenvalue weighted by molar-refractivity contribution is -0.124. The molecule has 2 aromatic rings. The topological polar surface area (TPSA) is 73.5 Å². The van der Waals surface area contributed by atoms with Crippen LogP contribution in [0.4, 0.5) is 10.5 Å². The van der Waals surface area contributed by atoms with Crippen molar-refractivity contribution in [2.75, 3.05) is 38.0 Å². The molecule has 0 radical (unpaired) electrons. The Morgan fingerprint density at radius 2 is 1.93 bits per heavy atom. The molecule has 0 spiro atoms. The van der Waals surface area contributed by atoms with E-state index in [1.165, 1.54) is 5.56 Å². The summed E-state index contributed by atoms with van der Waals surface area (Å²) in [6.45, 7) is 5.44. The van der Waals surface area contributed by atoms with Gasteiger partial charge in [-0.3, -0.25) is 9.69 Å². The van der Waals surface area contributed by atoms with E-state index in [4.69, 9.17) is 0 Å². The number of nitrogens with zero attached hydrogens (tertiary/aromatic N) is 1. The largest absolute Gasteiger partial charge is 0.354 e. The first-order chi connectivity index (χ1) is 13.1. The van der Waals surface area contributed by atoms with E-state index in [0.29, 0.717) is 19.6 Å². The molecule has 0 unspecified atom stereocenters. The number of benzene rings is 2. The Hall–Kier alpha value is -2.86. The molecule has 6 nitrogen and oxygen atoms in total. The fourth-order valence-corrected chi connectivity index (χ4v) is 3.16. The quantitative estimate of drug-likeness (QED) is 0.688. The van der Waals surface area contributed by atoms with Crippen LogP contribution in [0.1, 0.15) is 12.0 Å². The molecule has 27 heavy (non-hydrogen) atoms. The van der Waals surface area contributed by atoms with E-state index in [0.717, 1.165) is 36.3 Å². The molecule has 0 aliphatic carbocycles. The van der Waals surface area contributed by atoms with Crippen molar-refractivity contribution in [3.05, 3.63) is 54.1 Å². The van der Waals surface area contributed by atoms with Crippen LogP contribution >= 0.6 is 0 Å². The minimum Gasteiger partial charge on any atom is -0.354 e. The summed E-state index contributed by atoms with van der Waals surface area (Å²) in [7, 11) is 0. The molecular weight excluding hydrogens is 340 g/mol. The lowest BCUT2D eigenvalue weighted by Crippen LogP contribution is -2.48. The first-order valence-electron chi connectivity index (χ1n) is 9.31. The van der Waals surface area contributed by atoms with E-state index >= 15 is 0 Å². The summed E-state index contributed by atoms with van der Waals surface area (Å²) >= 11 is 0. The van der Waals surface area contributed by atoms with E-state index in [9.17, 15) is 9.59 Å². The highest BCUT2D eigenvalue weighted by molar-refractivity contribution is 5.90. The van der Waals surface area contributed by atoms with Gasteiger partial charge in [-0.05, 0) is 36.6 Å². The van der Waals surface area contributed by atoms with Crippen molar-refractivity contribution in [1.29, 1.82) is 0 Å². The number of urea groups is 1. The summed E-state index contributed by atoms with van der Waals surface area (Å²) in [5.74, 6) is 0.0699.